The number of fused-ring (bicyclic) bond motifs is 2. The van der Waals surface area contributed by atoms with Crippen LogP contribution in [-0.2, 0) is 4.74 Å². The molecular formula is C21H26N2O3. The second kappa shape index (κ2) is 7.62. The number of amides is 2. The summed E-state index contributed by atoms with van der Waals surface area (Å²) in [6.07, 6.45) is 8.32. The molecule has 5 heteroatoms. The molecule has 0 spiro atoms. The summed E-state index contributed by atoms with van der Waals surface area (Å²) in [5.41, 5.74) is 1.23. The molecular weight excluding hydrogens is 328 g/mol. The second-order valence-electron chi connectivity index (χ2n) is 7.57. The first-order valence-electron chi connectivity index (χ1n) is 9.64. The summed E-state index contributed by atoms with van der Waals surface area (Å²) in [7, 11) is 0. The largest absolute Gasteiger partial charge is 0.378 e. The van der Waals surface area contributed by atoms with Crippen LogP contribution in [0.25, 0.3) is 0 Å². The lowest BCUT2D eigenvalue weighted by atomic mass is 9.90. The average molecular weight is 354 g/mol. The molecule has 3 aliphatic rings. The Bertz CT molecular complexity index is 692. The molecule has 3 atom stereocenters. The molecule has 1 aliphatic heterocycles. The van der Waals surface area contributed by atoms with E-state index in [2.05, 4.69) is 17.5 Å². The fourth-order valence-electron chi connectivity index (χ4n) is 4.41. The van der Waals surface area contributed by atoms with Crippen LogP contribution < -0.4 is 5.32 Å². The van der Waals surface area contributed by atoms with Crippen LogP contribution >= 0.6 is 0 Å². The first-order chi connectivity index (χ1) is 12.7. The number of nitrogens with zero attached hydrogens (tertiary/aromatic N) is 1. The molecule has 1 saturated carbocycles. The minimum atomic E-state index is -0.0610. The van der Waals surface area contributed by atoms with Gasteiger partial charge in [-0.2, -0.15) is 0 Å². The fraction of sp³-hybridized carbons (Fsp3) is 0.524. The van der Waals surface area contributed by atoms with E-state index in [1.54, 1.807) is 29.2 Å². The molecule has 0 radical (unpaired) electrons. The Morgan fingerprint density at radius 2 is 1.77 bits per heavy atom. The number of nitrogens with one attached hydrogen (secondary N) is 1. The van der Waals surface area contributed by atoms with Gasteiger partial charge >= 0.3 is 0 Å². The highest BCUT2D eigenvalue weighted by molar-refractivity contribution is 5.97. The van der Waals surface area contributed by atoms with Crippen LogP contribution in [0.5, 0.6) is 0 Å². The molecule has 26 heavy (non-hydrogen) atoms. The number of morpholine rings is 1. The van der Waals surface area contributed by atoms with Crippen LogP contribution in [0.4, 0.5) is 0 Å². The first-order valence-corrected chi connectivity index (χ1v) is 9.64. The Morgan fingerprint density at radius 1 is 1.04 bits per heavy atom. The first kappa shape index (κ1) is 17.3. The predicted octanol–water partition coefficient (Wildman–Crippen LogP) is 2.49. The summed E-state index contributed by atoms with van der Waals surface area (Å²) < 4.78 is 5.28. The average Bonchev–Trinajstić information content (AvgIpc) is 3.31. The summed E-state index contributed by atoms with van der Waals surface area (Å²) in [4.78, 5) is 26.5. The van der Waals surface area contributed by atoms with Gasteiger partial charge in [-0.05, 0) is 61.3 Å². The molecule has 1 N–H and O–H groups in total. The third kappa shape index (κ3) is 3.68. The smallest absolute Gasteiger partial charge is 0.254 e. The Kier molecular flexibility index (Phi) is 5.07. The summed E-state index contributed by atoms with van der Waals surface area (Å²) >= 11 is 0. The molecule has 2 amide bonds. The van der Waals surface area contributed by atoms with Gasteiger partial charge in [0.1, 0.15) is 0 Å². The van der Waals surface area contributed by atoms with E-state index in [0.717, 1.165) is 30.7 Å². The zero-order valence-electron chi connectivity index (χ0n) is 15.0. The Morgan fingerprint density at radius 3 is 2.42 bits per heavy atom. The lowest BCUT2D eigenvalue weighted by Gasteiger charge is -2.26. The van der Waals surface area contributed by atoms with Crippen LogP contribution in [-0.4, -0.2) is 49.6 Å². The summed E-state index contributed by atoms with van der Waals surface area (Å²) in [5, 5.41) is 3.02. The van der Waals surface area contributed by atoms with Gasteiger partial charge in [-0.25, -0.2) is 0 Å². The number of ether oxygens (including phenoxy) is 1. The molecule has 4 rings (SSSR count). The van der Waals surface area contributed by atoms with Crippen molar-refractivity contribution in [3.05, 3.63) is 47.5 Å². The van der Waals surface area contributed by atoms with Gasteiger partial charge in [0.25, 0.3) is 11.8 Å². The molecule has 138 valence electrons. The number of rotatable bonds is 5. The SMILES string of the molecule is O=C(NCC[C@@H]1C[C@@H]2C=C[C@H]1C2)c1ccc(C(=O)N2CCOCC2)cc1. The van der Waals surface area contributed by atoms with E-state index in [4.69, 9.17) is 4.74 Å². The van der Waals surface area contributed by atoms with Crippen LogP contribution in [0, 0.1) is 17.8 Å². The van der Waals surface area contributed by atoms with E-state index in [-0.39, 0.29) is 11.8 Å². The zero-order valence-corrected chi connectivity index (χ0v) is 15.0. The lowest BCUT2D eigenvalue weighted by Crippen LogP contribution is -2.40. The third-order valence-corrected chi connectivity index (χ3v) is 5.91. The molecule has 0 aromatic heterocycles. The highest BCUT2D eigenvalue weighted by Crippen LogP contribution is 2.44. The minimum absolute atomic E-state index is 0.00426. The van der Waals surface area contributed by atoms with Gasteiger partial charge in [-0.1, -0.05) is 12.2 Å². The van der Waals surface area contributed by atoms with Crippen LogP contribution in [0.1, 0.15) is 40.0 Å². The van der Waals surface area contributed by atoms with E-state index in [0.29, 0.717) is 37.4 Å². The molecule has 2 bridgehead atoms. The van der Waals surface area contributed by atoms with Crippen LogP contribution in [0.2, 0.25) is 0 Å². The van der Waals surface area contributed by atoms with Crippen molar-refractivity contribution in [3.63, 3.8) is 0 Å². The standard InChI is InChI=1S/C21H26N2O3/c24-20(22-8-7-19-14-15-1-2-18(19)13-15)16-3-5-17(6-4-16)21(25)23-9-11-26-12-10-23/h1-6,15,18-19H,7-14H2,(H,22,24)/t15-,18+,19-/m1/s1. The third-order valence-electron chi connectivity index (χ3n) is 5.91. The molecule has 1 saturated heterocycles. The predicted molar refractivity (Wildman–Crippen MR) is 99.0 cm³/mol. The van der Waals surface area contributed by atoms with E-state index < -0.39 is 0 Å². The number of hydrogen-bond donors (Lipinski definition) is 1. The molecule has 2 aliphatic carbocycles. The van der Waals surface area contributed by atoms with Gasteiger partial charge in [0.15, 0.2) is 0 Å². The Balaban J connectivity index is 1.26. The van der Waals surface area contributed by atoms with Gasteiger partial charge < -0.3 is 15.0 Å². The van der Waals surface area contributed by atoms with Crippen molar-refractivity contribution >= 4 is 11.8 Å². The van der Waals surface area contributed by atoms with Crippen molar-refractivity contribution in [2.75, 3.05) is 32.8 Å². The van der Waals surface area contributed by atoms with Crippen molar-refractivity contribution in [1.82, 2.24) is 10.2 Å². The molecule has 2 fully saturated rings. The maximum Gasteiger partial charge on any atom is 0.254 e. The summed E-state index contributed by atoms with van der Waals surface area (Å²) in [6.45, 7) is 3.14. The van der Waals surface area contributed by atoms with Gasteiger partial charge in [0, 0.05) is 30.8 Å². The number of hydrogen-bond acceptors (Lipinski definition) is 3. The van der Waals surface area contributed by atoms with Gasteiger partial charge in [-0.15, -0.1) is 0 Å². The van der Waals surface area contributed by atoms with Crippen molar-refractivity contribution in [2.24, 2.45) is 17.8 Å². The van der Waals surface area contributed by atoms with Crippen molar-refractivity contribution in [1.29, 1.82) is 0 Å². The topological polar surface area (TPSA) is 58.6 Å². The number of carbonyl (C=O) groups is 2. The molecule has 0 unspecified atom stereocenters. The maximum absolute atomic E-state index is 12.4. The Labute approximate surface area is 154 Å². The monoisotopic (exact) mass is 354 g/mol. The van der Waals surface area contributed by atoms with Gasteiger partial charge in [0.05, 0.1) is 13.2 Å². The number of benzene rings is 1. The number of carbonyl (C=O) groups excluding carboxylic acids is 2. The Hall–Kier alpha value is -2.14. The van der Waals surface area contributed by atoms with E-state index in [9.17, 15) is 9.59 Å². The van der Waals surface area contributed by atoms with Crippen LogP contribution in [0.15, 0.2) is 36.4 Å². The van der Waals surface area contributed by atoms with Crippen molar-refractivity contribution in [2.45, 2.75) is 19.3 Å². The highest BCUT2D eigenvalue weighted by atomic mass is 16.5. The molecule has 1 heterocycles. The molecule has 1 aromatic rings. The second-order valence-corrected chi connectivity index (χ2v) is 7.57. The summed E-state index contributed by atoms with van der Waals surface area (Å²) in [5.74, 6) is 2.16. The van der Waals surface area contributed by atoms with Crippen molar-refractivity contribution < 1.29 is 14.3 Å². The van der Waals surface area contributed by atoms with E-state index in [1.165, 1.54) is 12.8 Å². The lowest BCUT2D eigenvalue weighted by molar-refractivity contribution is 0.0303. The quantitative estimate of drug-likeness (QED) is 0.827. The van der Waals surface area contributed by atoms with Gasteiger partial charge in [0.2, 0.25) is 0 Å². The highest BCUT2D eigenvalue weighted by Gasteiger charge is 2.34. The van der Waals surface area contributed by atoms with Crippen LogP contribution in [0.3, 0.4) is 0 Å². The zero-order chi connectivity index (χ0) is 17.9. The number of allylic oxidation sites excluding steroid dienone is 2. The normalized spacial score (nSPS) is 26.9. The maximum atomic E-state index is 12.4. The van der Waals surface area contributed by atoms with Crippen molar-refractivity contribution in [3.8, 4) is 0 Å². The fourth-order valence-corrected chi connectivity index (χ4v) is 4.41. The molecule has 5 nitrogen and oxygen atoms in total. The minimum Gasteiger partial charge on any atom is -0.378 e. The molecule has 1 aromatic carbocycles. The van der Waals surface area contributed by atoms with E-state index in [1.807, 2.05) is 0 Å². The van der Waals surface area contributed by atoms with E-state index >= 15 is 0 Å². The summed E-state index contributed by atoms with van der Waals surface area (Å²) in [6, 6.07) is 6.97. The van der Waals surface area contributed by atoms with Gasteiger partial charge in [-0.3, -0.25) is 9.59 Å².